The number of fused-ring (bicyclic) bond motifs is 1. The SMILES string of the molecule is O=C(O)N[C@@H]1Cc2ccccc2[C@H]1CS(=O)NCCO. The maximum absolute atomic E-state index is 11.9. The van der Waals surface area contributed by atoms with Crippen molar-refractivity contribution in [3.8, 4) is 0 Å². The third kappa shape index (κ3) is 3.56. The van der Waals surface area contributed by atoms with Gasteiger partial charge in [-0.15, -0.1) is 0 Å². The van der Waals surface area contributed by atoms with Crippen molar-refractivity contribution in [2.45, 2.75) is 18.4 Å². The molecule has 0 spiro atoms. The molecule has 1 aromatic rings. The van der Waals surface area contributed by atoms with Crippen LogP contribution in [0.4, 0.5) is 4.79 Å². The van der Waals surface area contributed by atoms with Crippen LogP contribution in [0.1, 0.15) is 17.0 Å². The highest BCUT2D eigenvalue weighted by atomic mass is 32.2. The number of amides is 1. The van der Waals surface area contributed by atoms with E-state index in [1.165, 1.54) is 0 Å². The molecule has 110 valence electrons. The smallest absolute Gasteiger partial charge is 0.404 e. The fourth-order valence-corrected chi connectivity index (χ4v) is 3.75. The molecule has 1 aromatic carbocycles. The van der Waals surface area contributed by atoms with Gasteiger partial charge in [0.1, 0.15) is 0 Å². The Hall–Kier alpha value is -1.44. The normalized spacial score (nSPS) is 22.2. The van der Waals surface area contributed by atoms with Gasteiger partial charge in [0.05, 0.1) is 17.6 Å². The zero-order chi connectivity index (χ0) is 14.5. The van der Waals surface area contributed by atoms with Gasteiger partial charge in [-0.1, -0.05) is 24.3 Å². The highest BCUT2D eigenvalue weighted by molar-refractivity contribution is 7.83. The van der Waals surface area contributed by atoms with E-state index in [4.69, 9.17) is 10.2 Å². The van der Waals surface area contributed by atoms with E-state index in [1.807, 2.05) is 24.3 Å². The van der Waals surface area contributed by atoms with E-state index in [-0.39, 0.29) is 25.1 Å². The summed E-state index contributed by atoms with van der Waals surface area (Å²) in [5.41, 5.74) is 2.14. The fraction of sp³-hybridized carbons (Fsp3) is 0.462. The molecule has 0 saturated heterocycles. The molecule has 0 fully saturated rings. The average Bonchev–Trinajstić information content (AvgIpc) is 2.74. The molecule has 1 unspecified atom stereocenters. The quantitative estimate of drug-likeness (QED) is 0.603. The summed E-state index contributed by atoms with van der Waals surface area (Å²) in [5.74, 6) is 0.205. The van der Waals surface area contributed by atoms with Crippen molar-refractivity contribution < 1.29 is 19.2 Å². The van der Waals surface area contributed by atoms with Crippen LogP contribution in [0.3, 0.4) is 0 Å². The van der Waals surface area contributed by atoms with Crippen LogP contribution in [0.5, 0.6) is 0 Å². The van der Waals surface area contributed by atoms with Crippen molar-refractivity contribution in [2.24, 2.45) is 0 Å². The molecule has 0 heterocycles. The van der Waals surface area contributed by atoms with Gasteiger partial charge in [-0.05, 0) is 17.5 Å². The first-order valence-electron chi connectivity index (χ1n) is 6.42. The lowest BCUT2D eigenvalue weighted by molar-refractivity contribution is 0.189. The van der Waals surface area contributed by atoms with Crippen molar-refractivity contribution in [3.63, 3.8) is 0 Å². The molecule has 1 amide bonds. The zero-order valence-corrected chi connectivity index (χ0v) is 11.7. The Kier molecular flexibility index (Phi) is 5.11. The number of rotatable bonds is 6. The van der Waals surface area contributed by atoms with Crippen LogP contribution in [0.15, 0.2) is 24.3 Å². The molecule has 20 heavy (non-hydrogen) atoms. The minimum absolute atomic E-state index is 0.0796. The number of aliphatic hydroxyl groups excluding tert-OH is 1. The second-order valence-electron chi connectivity index (χ2n) is 4.70. The predicted molar refractivity (Wildman–Crippen MR) is 75.9 cm³/mol. The highest BCUT2D eigenvalue weighted by Gasteiger charge is 2.34. The van der Waals surface area contributed by atoms with Gasteiger partial charge in [-0.2, -0.15) is 0 Å². The van der Waals surface area contributed by atoms with Gasteiger partial charge < -0.3 is 15.5 Å². The molecule has 0 aromatic heterocycles. The third-order valence-electron chi connectivity index (χ3n) is 3.39. The maximum Gasteiger partial charge on any atom is 0.404 e. The Balaban J connectivity index is 2.12. The summed E-state index contributed by atoms with van der Waals surface area (Å²) in [6, 6.07) is 7.48. The van der Waals surface area contributed by atoms with Crippen molar-refractivity contribution >= 4 is 17.1 Å². The molecule has 0 radical (unpaired) electrons. The van der Waals surface area contributed by atoms with Crippen LogP contribution < -0.4 is 10.0 Å². The number of hydrogen-bond donors (Lipinski definition) is 4. The first-order valence-corrected chi connectivity index (χ1v) is 7.73. The molecule has 4 N–H and O–H groups in total. The standard InChI is InChI=1S/C13H18N2O4S/c16-6-5-14-20(19)8-11-10-4-2-1-3-9(10)7-12(11)15-13(17)18/h1-4,11-12,14-16H,5-8H2,(H,17,18)/t11-,12-,20?/m1/s1. The Morgan fingerprint density at radius 3 is 2.85 bits per heavy atom. The molecule has 6 nitrogen and oxygen atoms in total. The zero-order valence-electron chi connectivity index (χ0n) is 10.9. The summed E-state index contributed by atoms with van der Waals surface area (Å²) in [7, 11) is -1.30. The van der Waals surface area contributed by atoms with Gasteiger partial charge in [0.25, 0.3) is 0 Å². The van der Waals surface area contributed by atoms with Crippen LogP contribution >= 0.6 is 0 Å². The molecular formula is C13H18N2O4S. The van der Waals surface area contributed by atoms with E-state index in [1.54, 1.807) is 0 Å². The van der Waals surface area contributed by atoms with Crippen molar-refractivity contribution in [3.05, 3.63) is 35.4 Å². The Bertz CT molecular complexity index is 509. The summed E-state index contributed by atoms with van der Waals surface area (Å²) < 4.78 is 14.6. The second kappa shape index (κ2) is 6.83. The molecule has 3 atom stereocenters. The van der Waals surface area contributed by atoms with Crippen molar-refractivity contribution in [1.29, 1.82) is 0 Å². The van der Waals surface area contributed by atoms with Gasteiger partial charge in [0, 0.05) is 24.3 Å². The minimum Gasteiger partial charge on any atom is -0.465 e. The number of benzene rings is 1. The predicted octanol–water partition coefficient (Wildman–Crippen LogP) is 0.208. The highest BCUT2D eigenvalue weighted by Crippen LogP contribution is 2.33. The Morgan fingerprint density at radius 1 is 1.40 bits per heavy atom. The van der Waals surface area contributed by atoms with Gasteiger partial charge in [0.15, 0.2) is 0 Å². The van der Waals surface area contributed by atoms with Crippen LogP contribution in [0, 0.1) is 0 Å². The lowest BCUT2D eigenvalue weighted by Gasteiger charge is -2.20. The van der Waals surface area contributed by atoms with E-state index in [0.29, 0.717) is 12.2 Å². The lowest BCUT2D eigenvalue weighted by Crippen LogP contribution is -2.39. The van der Waals surface area contributed by atoms with Gasteiger partial charge in [0.2, 0.25) is 0 Å². The first-order chi connectivity index (χ1) is 9.61. The minimum atomic E-state index is -1.30. The van der Waals surface area contributed by atoms with Gasteiger partial charge in [-0.25, -0.2) is 13.7 Å². The monoisotopic (exact) mass is 298 g/mol. The van der Waals surface area contributed by atoms with Crippen LogP contribution in [-0.2, 0) is 17.4 Å². The van der Waals surface area contributed by atoms with E-state index >= 15 is 0 Å². The molecule has 0 saturated carbocycles. The maximum atomic E-state index is 11.9. The molecular weight excluding hydrogens is 280 g/mol. The van der Waals surface area contributed by atoms with Crippen LogP contribution in [0.25, 0.3) is 0 Å². The number of nitrogens with one attached hydrogen (secondary N) is 2. The number of aliphatic hydroxyl groups is 1. The summed E-state index contributed by atoms with van der Waals surface area (Å²) in [6.07, 6.45) is -0.452. The van der Waals surface area contributed by atoms with Crippen molar-refractivity contribution in [1.82, 2.24) is 10.0 Å². The van der Waals surface area contributed by atoms with E-state index in [0.717, 1.165) is 11.1 Å². The summed E-state index contributed by atoms with van der Waals surface area (Å²) in [4.78, 5) is 10.9. The number of carboxylic acid groups (broad SMARTS) is 1. The summed E-state index contributed by atoms with van der Waals surface area (Å²) in [5, 5.41) is 20.1. The van der Waals surface area contributed by atoms with Gasteiger partial charge >= 0.3 is 6.09 Å². The summed E-state index contributed by atoms with van der Waals surface area (Å²) in [6.45, 7) is 0.182. The third-order valence-corrected chi connectivity index (χ3v) is 4.58. The first kappa shape index (κ1) is 15.0. The molecule has 0 aliphatic heterocycles. The molecule has 2 rings (SSSR count). The van der Waals surface area contributed by atoms with Gasteiger partial charge in [-0.3, -0.25) is 0 Å². The number of hydrogen-bond acceptors (Lipinski definition) is 3. The van der Waals surface area contributed by atoms with E-state index < -0.39 is 17.1 Å². The molecule has 1 aliphatic rings. The van der Waals surface area contributed by atoms with Crippen LogP contribution in [-0.4, -0.2) is 45.5 Å². The van der Waals surface area contributed by atoms with E-state index in [2.05, 4.69) is 10.0 Å². The van der Waals surface area contributed by atoms with Crippen molar-refractivity contribution in [2.75, 3.05) is 18.9 Å². The summed E-state index contributed by atoms with van der Waals surface area (Å²) >= 11 is 0. The largest absolute Gasteiger partial charge is 0.465 e. The van der Waals surface area contributed by atoms with E-state index in [9.17, 15) is 9.00 Å². The Morgan fingerprint density at radius 2 is 2.15 bits per heavy atom. The molecule has 0 bridgehead atoms. The topological polar surface area (TPSA) is 98.7 Å². The average molecular weight is 298 g/mol. The Labute approximate surface area is 119 Å². The number of carbonyl (C=O) groups is 1. The lowest BCUT2D eigenvalue weighted by atomic mass is 10.0. The second-order valence-corrected chi connectivity index (χ2v) is 6.01. The molecule has 7 heteroatoms. The molecule has 1 aliphatic carbocycles. The van der Waals surface area contributed by atoms with Crippen LogP contribution in [0.2, 0.25) is 0 Å². The fourth-order valence-electron chi connectivity index (χ4n) is 2.58.